The molecule has 1 unspecified atom stereocenters. The van der Waals surface area contributed by atoms with Crippen LogP contribution in [0.3, 0.4) is 0 Å². The Balaban J connectivity index is 1.27. The summed E-state index contributed by atoms with van der Waals surface area (Å²) in [5, 5.41) is 9.81. The highest BCUT2D eigenvalue weighted by Gasteiger charge is 2.27. The molecule has 0 saturated carbocycles. The Morgan fingerprint density at radius 2 is 1.29 bits per heavy atom. The van der Waals surface area contributed by atoms with Crippen molar-refractivity contribution in [2.75, 3.05) is 0 Å². The number of nitrogens with zero attached hydrogens (tertiary/aromatic N) is 3. The minimum absolute atomic E-state index is 0.351. The van der Waals surface area contributed by atoms with Crippen molar-refractivity contribution in [1.82, 2.24) is 10.3 Å². The van der Waals surface area contributed by atoms with Crippen molar-refractivity contribution < 1.29 is 8.83 Å². The molecule has 3 aromatic heterocycles. The number of aromatic nitrogens is 1. The molecule has 226 valence electrons. The van der Waals surface area contributed by atoms with E-state index >= 15 is 0 Å². The average Bonchev–Trinajstić information content (AvgIpc) is 3.72. The van der Waals surface area contributed by atoms with Gasteiger partial charge in [0.1, 0.15) is 34.2 Å². The van der Waals surface area contributed by atoms with Crippen molar-refractivity contribution in [2.45, 2.75) is 6.17 Å². The second kappa shape index (κ2) is 10.5. The van der Waals surface area contributed by atoms with Crippen molar-refractivity contribution in [3.8, 4) is 11.1 Å². The van der Waals surface area contributed by atoms with Gasteiger partial charge in [-0.1, -0.05) is 115 Å². The minimum atomic E-state index is -0.351. The van der Waals surface area contributed by atoms with E-state index in [0.717, 1.165) is 76.9 Å². The molecule has 1 atom stereocenters. The van der Waals surface area contributed by atoms with E-state index in [1.807, 2.05) is 85.1 Å². The number of para-hydroxylation sites is 1. The Bertz CT molecular complexity index is 2760. The molecule has 0 bridgehead atoms. The summed E-state index contributed by atoms with van der Waals surface area (Å²) in [5.74, 6) is 1.28. The fourth-order valence-electron chi connectivity index (χ4n) is 6.92. The maximum Gasteiger partial charge on any atom is 0.159 e. The lowest BCUT2D eigenvalue weighted by Crippen LogP contribution is -2.34. The summed E-state index contributed by atoms with van der Waals surface area (Å²) in [6.45, 7) is 0. The molecule has 0 amide bonds. The van der Waals surface area contributed by atoms with Crippen molar-refractivity contribution in [3.05, 3.63) is 163 Å². The van der Waals surface area contributed by atoms with E-state index in [-0.39, 0.29) is 6.17 Å². The number of aliphatic imine (C=N–C) groups is 2. The zero-order valence-corrected chi connectivity index (χ0v) is 25.6. The Hall–Kier alpha value is -6.53. The largest absolute Gasteiger partial charge is 0.456 e. The van der Waals surface area contributed by atoms with Gasteiger partial charge < -0.3 is 14.2 Å². The Morgan fingerprint density at radius 1 is 0.562 bits per heavy atom. The Kier molecular flexibility index (Phi) is 5.84. The van der Waals surface area contributed by atoms with Crippen molar-refractivity contribution in [1.29, 1.82) is 0 Å². The quantitative estimate of drug-likeness (QED) is 0.213. The lowest BCUT2D eigenvalue weighted by Gasteiger charge is -2.23. The molecule has 1 aliphatic rings. The molecule has 9 aromatic rings. The smallest absolute Gasteiger partial charge is 0.159 e. The third kappa shape index (κ3) is 4.16. The van der Waals surface area contributed by atoms with Gasteiger partial charge in [0, 0.05) is 33.5 Å². The molecule has 0 fully saturated rings. The van der Waals surface area contributed by atoms with Crippen LogP contribution in [0.4, 0.5) is 0 Å². The number of furan rings is 2. The van der Waals surface area contributed by atoms with Crippen LogP contribution >= 0.6 is 0 Å². The van der Waals surface area contributed by atoms with E-state index in [0.29, 0.717) is 17.4 Å². The topological polar surface area (TPSA) is 75.9 Å². The lowest BCUT2D eigenvalue weighted by atomic mass is 9.97. The molecule has 4 heterocycles. The van der Waals surface area contributed by atoms with Crippen LogP contribution in [-0.4, -0.2) is 16.7 Å². The summed E-state index contributed by atoms with van der Waals surface area (Å²) in [6.07, 6.45) is 1.56. The molecular weight excluding hydrogens is 592 g/mol. The van der Waals surface area contributed by atoms with Crippen LogP contribution in [-0.2, 0) is 0 Å². The number of amidine groups is 2. The van der Waals surface area contributed by atoms with Gasteiger partial charge in [-0.2, -0.15) is 0 Å². The van der Waals surface area contributed by atoms with Gasteiger partial charge in [0.2, 0.25) is 0 Å². The van der Waals surface area contributed by atoms with Crippen LogP contribution in [0.15, 0.2) is 165 Å². The fourth-order valence-corrected chi connectivity index (χ4v) is 6.92. The monoisotopic (exact) mass is 618 g/mol. The number of fused-ring (bicyclic) bond motifs is 7. The van der Waals surface area contributed by atoms with E-state index in [2.05, 4.69) is 66.0 Å². The molecule has 6 heteroatoms. The predicted octanol–water partition coefficient (Wildman–Crippen LogP) is 10.2. The highest BCUT2D eigenvalue weighted by Crippen LogP contribution is 2.43. The van der Waals surface area contributed by atoms with Crippen LogP contribution in [0.5, 0.6) is 0 Å². The molecule has 1 aliphatic heterocycles. The summed E-state index contributed by atoms with van der Waals surface area (Å²) in [5.41, 5.74) is 7.76. The van der Waals surface area contributed by atoms with E-state index in [1.165, 1.54) is 0 Å². The second-order valence-corrected chi connectivity index (χ2v) is 12.0. The first kappa shape index (κ1) is 26.7. The van der Waals surface area contributed by atoms with Crippen molar-refractivity contribution in [3.63, 3.8) is 0 Å². The highest BCUT2D eigenvalue weighted by molar-refractivity contribution is 6.25. The molecule has 6 nitrogen and oxygen atoms in total. The molecule has 0 aliphatic carbocycles. The molecule has 1 N–H and O–H groups in total. The molecule has 48 heavy (non-hydrogen) atoms. The highest BCUT2D eigenvalue weighted by atomic mass is 16.3. The van der Waals surface area contributed by atoms with E-state index < -0.39 is 0 Å². The summed E-state index contributed by atoms with van der Waals surface area (Å²) >= 11 is 0. The minimum Gasteiger partial charge on any atom is -0.456 e. The molecule has 0 saturated heterocycles. The average molecular weight is 619 g/mol. The predicted molar refractivity (Wildman–Crippen MR) is 194 cm³/mol. The van der Waals surface area contributed by atoms with Gasteiger partial charge in [-0.15, -0.1) is 0 Å². The van der Waals surface area contributed by atoms with Crippen molar-refractivity contribution >= 4 is 66.3 Å². The van der Waals surface area contributed by atoms with Gasteiger partial charge in [0.05, 0.1) is 5.39 Å². The Morgan fingerprint density at radius 3 is 2.15 bits per heavy atom. The maximum atomic E-state index is 6.85. The number of rotatable bonds is 4. The third-order valence-electron chi connectivity index (χ3n) is 9.17. The second-order valence-electron chi connectivity index (χ2n) is 12.0. The first-order valence-corrected chi connectivity index (χ1v) is 16.0. The molecule has 0 radical (unpaired) electrons. The molecular formula is C42H26N4O2. The first-order chi connectivity index (χ1) is 23.8. The van der Waals surface area contributed by atoms with E-state index in [1.54, 1.807) is 0 Å². The summed E-state index contributed by atoms with van der Waals surface area (Å²) in [7, 11) is 0. The fraction of sp³-hybridized carbons (Fsp3) is 0.0238. The zero-order valence-electron chi connectivity index (χ0n) is 25.6. The molecule has 0 spiro atoms. The van der Waals surface area contributed by atoms with Crippen LogP contribution < -0.4 is 5.32 Å². The van der Waals surface area contributed by atoms with Crippen LogP contribution in [0.25, 0.3) is 65.8 Å². The molecule has 10 rings (SSSR count). The normalized spacial score (nSPS) is 14.9. The van der Waals surface area contributed by atoms with Crippen LogP contribution in [0, 0.1) is 0 Å². The maximum absolute atomic E-state index is 6.85. The van der Waals surface area contributed by atoms with Crippen LogP contribution in [0.2, 0.25) is 0 Å². The van der Waals surface area contributed by atoms with Gasteiger partial charge in [-0.25, -0.2) is 9.98 Å². The standard InChI is InChI=1S/C42H26N4O2/c1-3-12-25(13-4-1)40-44-41(26-14-5-2-6-15-26)46-42(45-40)38-37-31-22-27-16-7-8-17-28(27)23-35(31)48-39(37)32(24-43-38)29-19-11-21-34-36(29)30-18-9-10-20-33(30)47-34/h1-24,40H,(H,44,45,46). The van der Waals surface area contributed by atoms with Crippen molar-refractivity contribution in [2.24, 2.45) is 9.98 Å². The number of benzene rings is 6. The number of nitrogens with one attached hydrogen (secondary N) is 1. The van der Waals surface area contributed by atoms with Gasteiger partial charge >= 0.3 is 0 Å². The SMILES string of the molecule is c1ccc(C2=NC(c3ccccc3)NC(c3ncc(-c4cccc5oc6ccccc6c45)c4oc5cc6ccccc6cc5c34)=N2)cc1. The van der Waals surface area contributed by atoms with Gasteiger partial charge in [-0.3, -0.25) is 4.98 Å². The van der Waals surface area contributed by atoms with Gasteiger partial charge in [0.15, 0.2) is 11.7 Å². The summed E-state index contributed by atoms with van der Waals surface area (Å²) < 4.78 is 13.1. The number of hydrogen-bond acceptors (Lipinski definition) is 6. The third-order valence-corrected chi connectivity index (χ3v) is 9.17. The van der Waals surface area contributed by atoms with E-state index in [4.69, 9.17) is 23.8 Å². The zero-order chi connectivity index (χ0) is 31.6. The summed E-state index contributed by atoms with van der Waals surface area (Å²) in [6, 6.07) is 47.3. The number of pyridine rings is 1. The van der Waals surface area contributed by atoms with Crippen LogP contribution in [0.1, 0.15) is 23.0 Å². The summed E-state index contributed by atoms with van der Waals surface area (Å²) in [4.78, 5) is 15.4. The van der Waals surface area contributed by atoms with Gasteiger partial charge in [0.25, 0.3) is 0 Å². The lowest BCUT2D eigenvalue weighted by molar-refractivity contribution is 0.667. The molecule has 6 aromatic carbocycles. The number of hydrogen-bond donors (Lipinski definition) is 1. The van der Waals surface area contributed by atoms with E-state index in [9.17, 15) is 0 Å². The first-order valence-electron chi connectivity index (χ1n) is 16.0. The Labute approximate surface area is 274 Å². The van der Waals surface area contributed by atoms with Gasteiger partial charge in [-0.05, 0) is 46.2 Å².